The van der Waals surface area contributed by atoms with Crippen molar-refractivity contribution in [3.05, 3.63) is 52.2 Å². The molecule has 158 valence electrons. The summed E-state index contributed by atoms with van der Waals surface area (Å²) in [5, 5.41) is 7.65. The summed E-state index contributed by atoms with van der Waals surface area (Å²) >= 11 is 6.04. The summed E-state index contributed by atoms with van der Waals surface area (Å²) in [5.74, 6) is 3.28. The Hall–Kier alpha value is -2.05. The summed E-state index contributed by atoms with van der Waals surface area (Å²) in [6, 6.07) is 7.99. The second-order valence-corrected chi connectivity index (χ2v) is 8.16. The number of nitrogens with one attached hydrogen (secondary N) is 2. The molecule has 0 aliphatic carbocycles. The number of hydrogen-bond donors (Lipinski definition) is 2. The standard InChI is InChI=1S/C22H32ClN5O/c1-16-17(2)29-21(27-16)15-28-11-8-19(9-12-28)14-26-22(24-3)25-10-7-18-5-4-6-20(23)13-18/h4-6,13,19H,7-12,14-15H2,1-3H3,(H2,24,25,26). The lowest BCUT2D eigenvalue weighted by molar-refractivity contribution is 0.164. The molecule has 29 heavy (non-hydrogen) atoms. The number of piperidine rings is 1. The quantitative estimate of drug-likeness (QED) is 0.532. The van der Waals surface area contributed by atoms with Gasteiger partial charge >= 0.3 is 0 Å². The van der Waals surface area contributed by atoms with Crippen molar-refractivity contribution >= 4 is 17.6 Å². The molecule has 0 saturated carbocycles. The Morgan fingerprint density at radius 1 is 1.28 bits per heavy atom. The van der Waals surface area contributed by atoms with E-state index in [1.54, 1.807) is 0 Å². The fraction of sp³-hybridized carbons (Fsp3) is 0.545. The van der Waals surface area contributed by atoms with Gasteiger partial charge in [-0.05, 0) is 69.8 Å². The number of halogens is 1. The molecule has 6 nitrogen and oxygen atoms in total. The minimum Gasteiger partial charge on any atom is -0.444 e. The third-order valence-corrected chi connectivity index (χ3v) is 5.75. The van der Waals surface area contributed by atoms with Crippen LogP contribution in [0.25, 0.3) is 0 Å². The van der Waals surface area contributed by atoms with Gasteiger partial charge in [-0.15, -0.1) is 0 Å². The van der Waals surface area contributed by atoms with Crippen LogP contribution >= 0.6 is 11.6 Å². The maximum absolute atomic E-state index is 6.04. The van der Waals surface area contributed by atoms with Crippen LogP contribution in [-0.2, 0) is 13.0 Å². The molecule has 2 heterocycles. The first-order chi connectivity index (χ1) is 14.0. The molecule has 1 aliphatic heterocycles. The molecule has 3 rings (SSSR count). The maximum Gasteiger partial charge on any atom is 0.208 e. The largest absolute Gasteiger partial charge is 0.444 e. The highest BCUT2D eigenvalue weighted by Crippen LogP contribution is 2.19. The van der Waals surface area contributed by atoms with E-state index in [4.69, 9.17) is 16.0 Å². The number of oxazole rings is 1. The smallest absolute Gasteiger partial charge is 0.208 e. The van der Waals surface area contributed by atoms with Crippen LogP contribution in [0.5, 0.6) is 0 Å². The first-order valence-electron chi connectivity index (χ1n) is 10.4. The number of aromatic nitrogens is 1. The minimum atomic E-state index is 0.658. The molecule has 1 aliphatic rings. The van der Waals surface area contributed by atoms with E-state index in [0.717, 1.165) is 67.5 Å². The Labute approximate surface area is 178 Å². The van der Waals surface area contributed by atoms with Crippen LogP contribution in [-0.4, -0.2) is 49.1 Å². The van der Waals surface area contributed by atoms with Crippen LogP contribution in [0.2, 0.25) is 5.02 Å². The lowest BCUT2D eigenvalue weighted by Crippen LogP contribution is -2.43. The van der Waals surface area contributed by atoms with Crippen molar-refractivity contribution in [1.29, 1.82) is 0 Å². The van der Waals surface area contributed by atoms with E-state index in [9.17, 15) is 0 Å². The molecule has 0 radical (unpaired) electrons. The predicted octanol–water partition coefficient (Wildman–Crippen LogP) is 3.56. The van der Waals surface area contributed by atoms with Gasteiger partial charge in [-0.2, -0.15) is 0 Å². The molecule has 0 bridgehead atoms. The summed E-state index contributed by atoms with van der Waals surface area (Å²) in [6.07, 6.45) is 3.26. The van der Waals surface area contributed by atoms with Crippen molar-refractivity contribution in [2.24, 2.45) is 10.9 Å². The first-order valence-corrected chi connectivity index (χ1v) is 10.8. The predicted molar refractivity (Wildman–Crippen MR) is 118 cm³/mol. The third kappa shape index (κ3) is 6.75. The van der Waals surface area contributed by atoms with Gasteiger partial charge in [0.2, 0.25) is 5.89 Å². The molecule has 2 N–H and O–H groups in total. The molecule has 1 aromatic heterocycles. The lowest BCUT2D eigenvalue weighted by Gasteiger charge is -2.31. The van der Waals surface area contributed by atoms with Gasteiger partial charge in [0, 0.05) is 25.2 Å². The van der Waals surface area contributed by atoms with Gasteiger partial charge in [0.15, 0.2) is 5.96 Å². The Morgan fingerprint density at radius 2 is 2.07 bits per heavy atom. The van der Waals surface area contributed by atoms with Crippen LogP contribution < -0.4 is 10.6 Å². The lowest BCUT2D eigenvalue weighted by atomic mass is 9.97. The molecular formula is C22H32ClN5O. The monoisotopic (exact) mass is 417 g/mol. The molecule has 2 aromatic rings. The summed E-state index contributed by atoms with van der Waals surface area (Å²) in [6.45, 7) is 8.70. The molecule has 1 fully saturated rings. The van der Waals surface area contributed by atoms with E-state index in [1.165, 1.54) is 18.4 Å². The molecule has 7 heteroatoms. The molecule has 1 aromatic carbocycles. The number of hydrogen-bond acceptors (Lipinski definition) is 4. The van der Waals surface area contributed by atoms with Gasteiger partial charge in [-0.3, -0.25) is 9.89 Å². The van der Waals surface area contributed by atoms with Crippen LogP contribution in [0.1, 0.15) is 35.7 Å². The molecule has 0 amide bonds. The second-order valence-electron chi connectivity index (χ2n) is 7.73. The zero-order valence-corrected chi connectivity index (χ0v) is 18.4. The van der Waals surface area contributed by atoms with E-state index in [-0.39, 0.29) is 0 Å². The number of aryl methyl sites for hydroxylation is 2. The maximum atomic E-state index is 6.04. The summed E-state index contributed by atoms with van der Waals surface area (Å²) < 4.78 is 5.72. The highest BCUT2D eigenvalue weighted by atomic mass is 35.5. The van der Waals surface area contributed by atoms with E-state index in [0.29, 0.717) is 5.92 Å². The van der Waals surface area contributed by atoms with Crippen molar-refractivity contribution < 1.29 is 4.42 Å². The van der Waals surface area contributed by atoms with E-state index in [1.807, 2.05) is 39.1 Å². The Morgan fingerprint density at radius 3 is 2.72 bits per heavy atom. The van der Waals surface area contributed by atoms with Crippen LogP contribution in [0, 0.1) is 19.8 Å². The van der Waals surface area contributed by atoms with Gasteiger partial charge in [0.25, 0.3) is 0 Å². The fourth-order valence-corrected chi connectivity index (χ4v) is 3.84. The molecule has 0 spiro atoms. The second kappa shape index (κ2) is 10.6. The van der Waals surface area contributed by atoms with Gasteiger partial charge in [0.1, 0.15) is 5.76 Å². The van der Waals surface area contributed by atoms with Crippen molar-refractivity contribution in [3.63, 3.8) is 0 Å². The molecular weight excluding hydrogens is 386 g/mol. The topological polar surface area (TPSA) is 65.7 Å². The van der Waals surface area contributed by atoms with Crippen molar-refractivity contribution in [1.82, 2.24) is 20.5 Å². The number of benzene rings is 1. The van der Waals surface area contributed by atoms with Crippen molar-refractivity contribution in [2.75, 3.05) is 33.2 Å². The molecule has 0 atom stereocenters. The first kappa shape index (κ1) is 21.7. The normalized spacial score (nSPS) is 16.2. The highest BCUT2D eigenvalue weighted by molar-refractivity contribution is 6.30. The molecule has 0 unspecified atom stereocenters. The summed E-state index contributed by atoms with van der Waals surface area (Å²) in [4.78, 5) is 11.3. The minimum absolute atomic E-state index is 0.658. The van der Waals surface area contributed by atoms with E-state index >= 15 is 0 Å². The highest BCUT2D eigenvalue weighted by Gasteiger charge is 2.21. The summed E-state index contributed by atoms with van der Waals surface area (Å²) in [5.41, 5.74) is 2.22. The number of rotatable bonds is 7. The van der Waals surface area contributed by atoms with Gasteiger partial charge in [0.05, 0.1) is 12.2 Å². The van der Waals surface area contributed by atoms with E-state index in [2.05, 4.69) is 31.6 Å². The zero-order valence-electron chi connectivity index (χ0n) is 17.7. The number of guanidine groups is 1. The number of nitrogens with zero attached hydrogens (tertiary/aromatic N) is 3. The molecule has 1 saturated heterocycles. The average molecular weight is 418 g/mol. The number of likely N-dealkylation sites (tertiary alicyclic amines) is 1. The van der Waals surface area contributed by atoms with Gasteiger partial charge in [-0.1, -0.05) is 23.7 Å². The zero-order chi connectivity index (χ0) is 20.6. The van der Waals surface area contributed by atoms with Gasteiger partial charge < -0.3 is 15.1 Å². The van der Waals surface area contributed by atoms with Gasteiger partial charge in [-0.25, -0.2) is 4.98 Å². The van der Waals surface area contributed by atoms with Crippen molar-refractivity contribution in [3.8, 4) is 0 Å². The number of aliphatic imine (C=N–C) groups is 1. The summed E-state index contributed by atoms with van der Waals surface area (Å²) in [7, 11) is 1.82. The Balaban J connectivity index is 1.34. The Kier molecular flexibility index (Phi) is 7.95. The fourth-order valence-electron chi connectivity index (χ4n) is 3.63. The Bertz CT molecular complexity index is 792. The average Bonchev–Trinajstić information content (AvgIpc) is 3.02. The SMILES string of the molecule is CN=C(NCCc1cccc(Cl)c1)NCC1CCN(Cc2nc(C)c(C)o2)CC1. The van der Waals surface area contributed by atoms with Crippen LogP contribution in [0.3, 0.4) is 0 Å². The van der Waals surface area contributed by atoms with Crippen LogP contribution in [0.4, 0.5) is 0 Å². The van der Waals surface area contributed by atoms with Crippen molar-refractivity contribution in [2.45, 2.75) is 39.7 Å². The van der Waals surface area contributed by atoms with Crippen LogP contribution in [0.15, 0.2) is 33.7 Å². The third-order valence-electron chi connectivity index (χ3n) is 5.52. The van der Waals surface area contributed by atoms with E-state index < -0.39 is 0 Å².